The average molecular weight is 349 g/mol. The number of hydrogen-bond donors (Lipinski definition) is 3. The highest BCUT2D eigenvalue weighted by molar-refractivity contribution is 9.10. The molecule has 0 aromatic heterocycles. The molecule has 0 saturated heterocycles. The van der Waals surface area contributed by atoms with Gasteiger partial charge < -0.3 is 16.2 Å². The minimum atomic E-state index is -0.199. The largest absolute Gasteiger partial charge is 0.398 e. The number of carbonyl (C=O) groups is 1. The normalized spacial score (nSPS) is 10.4. The Morgan fingerprint density at radius 3 is 2.57 bits per heavy atom. The summed E-state index contributed by atoms with van der Waals surface area (Å²) < 4.78 is 0.772. The first kappa shape index (κ1) is 15.5. The van der Waals surface area contributed by atoms with Crippen LogP contribution in [0.2, 0.25) is 0 Å². The lowest BCUT2D eigenvalue weighted by Crippen LogP contribution is -2.14. The zero-order chi connectivity index (χ0) is 15.4. The van der Waals surface area contributed by atoms with Gasteiger partial charge in [0.05, 0.1) is 0 Å². The molecule has 4 N–H and O–H groups in total. The molecule has 0 atom stereocenters. The zero-order valence-corrected chi connectivity index (χ0v) is 13.3. The number of nitrogens with one attached hydrogen (secondary N) is 1. The molecule has 0 unspecified atom stereocenters. The third kappa shape index (κ3) is 3.83. The first-order valence-electron chi connectivity index (χ1n) is 6.58. The summed E-state index contributed by atoms with van der Waals surface area (Å²) in [7, 11) is 0. The van der Waals surface area contributed by atoms with E-state index in [4.69, 9.17) is 10.8 Å². The van der Waals surface area contributed by atoms with Crippen LogP contribution in [0.1, 0.15) is 21.5 Å². The van der Waals surface area contributed by atoms with Gasteiger partial charge in [0.2, 0.25) is 0 Å². The van der Waals surface area contributed by atoms with Crippen LogP contribution in [0, 0.1) is 6.92 Å². The molecule has 0 saturated carbocycles. The summed E-state index contributed by atoms with van der Waals surface area (Å²) in [6, 6.07) is 10.9. The predicted molar refractivity (Wildman–Crippen MR) is 88.5 cm³/mol. The summed E-state index contributed by atoms with van der Waals surface area (Å²) in [5.74, 6) is -0.199. The van der Waals surface area contributed by atoms with Crippen molar-refractivity contribution in [2.45, 2.75) is 13.3 Å². The Morgan fingerprint density at radius 2 is 1.95 bits per heavy atom. The number of amides is 1. The molecule has 0 bridgehead atoms. The highest BCUT2D eigenvalue weighted by Crippen LogP contribution is 2.23. The quantitative estimate of drug-likeness (QED) is 0.743. The molecule has 21 heavy (non-hydrogen) atoms. The number of aliphatic hydroxyl groups is 1. The molecule has 1 amide bonds. The zero-order valence-electron chi connectivity index (χ0n) is 11.7. The summed E-state index contributed by atoms with van der Waals surface area (Å²) >= 11 is 3.34. The van der Waals surface area contributed by atoms with E-state index < -0.39 is 0 Å². The second-order valence-electron chi connectivity index (χ2n) is 4.79. The summed E-state index contributed by atoms with van der Waals surface area (Å²) in [6.07, 6.45) is 0.607. The molecule has 0 spiro atoms. The van der Waals surface area contributed by atoms with Gasteiger partial charge in [-0.05, 0) is 48.7 Å². The Morgan fingerprint density at radius 1 is 1.29 bits per heavy atom. The molecular formula is C16H17BrN2O2. The molecule has 5 heteroatoms. The summed E-state index contributed by atoms with van der Waals surface area (Å²) in [6.45, 7) is 1.93. The third-order valence-corrected chi connectivity index (χ3v) is 3.73. The molecule has 4 nitrogen and oxygen atoms in total. The van der Waals surface area contributed by atoms with E-state index in [1.54, 1.807) is 12.1 Å². The van der Waals surface area contributed by atoms with Crippen molar-refractivity contribution in [3.05, 3.63) is 57.6 Å². The molecule has 0 radical (unpaired) electrons. The number of aliphatic hydroxyl groups excluding tert-OH is 1. The fourth-order valence-electron chi connectivity index (χ4n) is 2.02. The van der Waals surface area contributed by atoms with E-state index in [-0.39, 0.29) is 12.5 Å². The highest BCUT2D eigenvalue weighted by Gasteiger charge is 2.12. The van der Waals surface area contributed by atoms with Crippen molar-refractivity contribution < 1.29 is 9.90 Å². The van der Waals surface area contributed by atoms with Crippen LogP contribution in [-0.4, -0.2) is 17.6 Å². The van der Waals surface area contributed by atoms with Crippen molar-refractivity contribution in [3.8, 4) is 0 Å². The van der Waals surface area contributed by atoms with Gasteiger partial charge in [-0.15, -0.1) is 0 Å². The SMILES string of the molecule is Cc1c(N)cc(Br)cc1C(=O)Nc1ccc(CCO)cc1. The van der Waals surface area contributed by atoms with E-state index >= 15 is 0 Å². The third-order valence-electron chi connectivity index (χ3n) is 3.27. The second-order valence-corrected chi connectivity index (χ2v) is 5.71. The maximum atomic E-state index is 12.3. The number of anilines is 2. The van der Waals surface area contributed by atoms with Gasteiger partial charge in [-0.25, -0.2) is 0 Å². The number of nitrogens with two attached hydrogens (primary N) is 1. The molecule has 2 rings (SSSR count). The van der Waals surface area contributed by atoms with Crippen LogP contribution < -0.4 is 11.1 Å². The van der Waals surface area contributed by atoms with Crippen LogP contribution in [0.15, 0.2) is 40.9 Å². The maximum absolute atomic E-state index is 12.3. The monoisotopic (exact) mass is 348 g/mol. The lowest BCUT2D eigenvalue weighted by Gasteiger charge is -2.11. The molecule has 0 aliphatic rings. The van der Waals surface area contributed by atoms with Gasteiger partial charge in [-0.1, -0.05) is 28.1 Å². The number of benzene rings is 2. The first-order valence-corrected chi connectivity index (χ1v) is 7.37. The summed E-state index contributed by atoms with van der Waals surface area (Å²) in [5, 5.41) is 11.7. The topological polar surface area (TPSA) is 75.4 Å². The van der Waals surface area contributed by atoms with Gasteiger partial charge in [-0.3, -0.25) is 4.79 Å². The summed E-state index contributed by atoms with van der Waals surface area (Å²) in [5.41, 5.74) is 9.48. The maximum Gasteiger partial charge on any atom is 0.256 e. The van der Waals surface area contributed by atoms with Crippen molar-refractivity contribution in [3.63, 3.8) is 0 Å². The minimum Gasteiger partial charge on any atom is -0.398 e. The Bertz CT molecular complexity index is 654. The van der Waals surface area contributed by atoms with Crippen LogP contribution in [-0.2, 0) is 6.42 Å². The highest BCUT2D eigenvalue weighted by atomic mass is 79.9. The molecule has 2 aromatic rings. The van der Waals surface area contributed by atoms with Crippen molar-refractivity contribution in [2.75, 3.05) is 17.7 Å². The average Bonchev–Trinajstić information content (AvgIpc) is 2.45. The van der Waals surface area contributed by atoms with E-state index in [1.165, 1.54) is 0 Å². The molecule has 0 aliphatic heterocycles. The van der Waals surface area contributed by atoms with Crippen LogP contribution in [0.5, 0.6) is 0 Å². The van der Waals surface area contributed by atoms with E-state index in [9.17, 15) is 4.79 Å². The second kappa shape index (κ2) is 6.74. The van der Waals surface area contributed by atoms with Crippen LogP contribution >= 0.6 is 15.9 Å². The number of halogens is 1. The number of hydrogen-bond acceptors (Lipinski definition) is 3. The standard InChI is InChI=1S/C16H17BrN2O2/c1-10-14(8-12(17)9-15(10)18)16(21)19-13-4-2-11(3-5-13)6-7-20/h2-5,8-9,20H,6-7,18H2,1H3,(H,19,21). The van der Waals surface area contributed by atoms with Crippen LogP contribution in [0.4, 0.5) is 11.4 Å². The van der Waals surface area contributed by atoms with E-state index in [0.717, 1.165) is 15.6 Å². The molecule has 110 valence electrons. The van der Waals surface area contributed by atoms with E-state index in [2.05, 4.69) is 21.2 Å². The Balaban J connectivity index is 2.18. The van der Waals surface area contributed by atoms with Gasteiger partial charge in [0.1, 0.15) is 0 Å². The Hall–Kier alpha value is -1.85. The van der Waals surface area contributed by atoms with Crippen molar-refractivity contribution in [1.82, 2.24) is 0 Å². The number of nitrogen functional groups attached to an aromatic ring is 1. The Kier molecular flexibility index (Phi) is 4.98. The van der Waals surface area contributed by atoms with Crippen molar-refractivity contribution in [1.29, 1.82) is 0 Å². The lowest BCUT2D eigenvalue weighted by molar-refractivity contribution is 0.102. The van der Waals surface area contributed by atoms with Gasteiger partial charge >= 0.3 is 0 Å². The number of rotatable bonds is 4. The van der Waals surface area contributed by atoms with E-state index in [1.807, 2.05) is 31.2 Å². The smallest absolute Gasteiger partial charge is 0.256 e. The summed E-state index contributed by atoms with van der Waals surface area (Å²) in [4.78, 5) is 12.3. The molecule has 0 aliphatic carbocycles. The fraction of sp³-hybridized carbons (Fsp3) is 0.188. The van der Waals surface area contributed by atoms with Gasteiger partial charge in [-0.2, -0.15) is 0 Å². The van der Waals surface area contributed by atoms with Gasteiger partial charge in [0, 0.05) is 28.0 Å². The van der Waals surface area contributed by atoms with Crippen LogP contribution in [0.25, 0.3) is 0 Å². The van der Waals surface area contributed by atoms with E-state index in [0.29, 0.717) is 23.4 Å². The van der Waals surface area contributed by atoms with Crippen molar-refractivity contribution in [2.24, 2.45) is 0 Å². The molecule has 2 aromatic carbocycles. The molecular weight excluding hydrogens is 332 g/mol. The van der Waals surface area contributed by atoms with Crippen molar-refractivity contribution >= 4 is 33.2 Å². The lowest BCUT2D eigenvalue weighted by atomic mass is 10.1. The molecule has 0 heterocycles. The first-order chi connectivity index (χ1) is 10.0. The van der Waals surface area contributed by atoms with Gasteiger partial charge in [0.25, 0.3) is 5.91 Å². The molecule has 0 fully saturated rings. The number of carbonyl (C=O) groups excluding carboxylic acids is 1. The predicted octanol–water partition coefficient (Wildman–Crippen LogP) is 3.13. The fourth-order valence-corrected chi connectivity index (χ4v) is 2.49. The van der Waals surface area contributed by atoms with Crippen LogP contribution in [0.3, 0.4) is 0 Å². The minimum absolute atomic E-state index is 0.113. The van der Waals surface area contributed by atoms with Gasteiger partial charge in [0.15, 0.2) is 0 Å². The Labute approximate surface area is 132 Å².